The van der Waals surface area contributed by atoms with Crippen molar-refractivity contribution < 1.29 is 14.6 Å². The van der Waals surface area contributed by atoms with Gasteiger partial charge in [-0.15, -0.1) is 4.99 Å². The van der Waals surface area contributed by atoms with Crippen molar-refractivity contribution in [3.8, 4) is 0 Å². The standard InChI is InChI=1S/C6H11N3O3/c7-5(8-6(10)11)9-1-3-12-4-2-9/h1-4H2,(H2,7,8)(H,10,11). The summed E-state index contributed by atoms with van der Waals surface area (Å²) in [6.07, 6.45) is -1.26. The minimum absolute atomic E-state index is 0.0470. The molecule has 0 aromatic heterocycles. The van der Waals surface area contributed by atoms with Crippen molar-refractivity contribution in [1.82, 2.24) is 4.90 Å². The van der Waals surface area contributed by atoms with Gasteiger partial charge in [0.05, 0.1) is 13.2 Å². The summed E-state index contributed by atoms with van der Waals surface area (Å²) in [4.78, 5) is 15.0. The number of hydrogen-bond acceptors (Lipinski definition) is 2. The fourth-order valence-corrected chi connectivity index (χ4v) is 0.961. The predicted octanol–water partition coefficient (Wildman–Crippen LogP) is -0.689. The van der Waals surface area contributed by atoms with Gasteiger partial charge in [-0.3, -0.25) is 0 Å². The van der Waals surface area contributed by atoms with Crippen LogP contribution in [0.5, 0.6) is 0 Å². The number of amides is 1. The van der Waals surface area contributed by atoms with Crippen molar-refractivity contribution in [3.05, 3.63) is 0 Å². The lowest BCUT2D eigenvalue weighted by Gasteiger charge is -2.26. The summed E-state index contributed by atoms with van der Waals surface area (Å²) in [7, 11) is 0. The summed E-state index contributed by atoms with van der Waals surface area (Å²) >= 11 is 0. The van der Waals surface area contributed by atoms with Crippen LogP contribution in [0, 0.1) is 0 Å². The first-order chi connectivity index (χ1) is 5.70. The Hall–Kier alpha value is -1.30. The molecule has 0 atom stereocenters. The second-order valence-electron chi connectivity index (χ2n) is 2.35. The van der Waals surface area contributed by atoms with Gasteiger partial charge in [0, 0.05) is 13.1 Å². The molecule has 1 aliphatic rings. The molecule has 68 valence electrons. The van der Waals surface area contributed by atoms with Gasteiger partial charge in [0.25, 0.3) is 0 Å². The summed E-state index contributed by atoms with van der Waals surface area (Å²) in [6, 6.07) is 0. The third kappa shape index (κ3) is 2.39. The van der Waals surface area contributed by atoms with E-state index in [0.29, 0.717) is 26.3 Å². The molecule has 6 heteroatoms. The van der Waals surface area contributed by atoms with Crippen LogP contribution in [0.2, 0.25) is 0 Å². The molecule has 1 heterocycles. The van der Waals surface area contributed by atoms with Gasteiger partial charge < -0.3 is 20.5 Å². The first-order valence-electron chi connectivity index (χ1n) is 3.60. The van der Waals surface area contributed by atoms with Crippen LogP contribution >= 0.6 is 0 Å². The zero-order valence-corrected chi connectivity index (χ0v) is 6.56. The number of rotatable bonds is 0. The van der Waals surface area contributed by atoms with E-state index >= 15 is 0 Å². The van der Waals surface area contributed by atoms with Crippen LogP contribution in [-0.2, 0) is 4.74 Å². The second kappa shape index (κ2) is 3.91. The molecule has 1 aliphatic heterocycles. The number of aliphatic imine (C=N–C) groups is 1. The Balaban J connectivity index is 2.49. The zero-order chi connectivity index (χ0) is 8.97. The van der Waals surface area contributed by atoms with Gasteiger partial charge in [-0.05, 0) is 0 Å². The molecule has 0 radical (unpaired) electrons. The number of hydrogen-bond donors (Lipinski definition) is 2. The number of nitrogens with zero attached hydrogens (tertiary/aromatic N) is 2. The summed E-state index contributed by atoms with van der Waals surface area (Å²) in [5.41, 5.74) is 5.39. The normalized spacial score (nSPS) is 19.3. The van der Waals surface area contributed by atoms with Gasteiger partial charge in [-0.2, -0.15) is 0 Å². The van der Waals surface area contributed by atoms with Crippen molar-refractivity contribution in [2.75, 3.05) is 26.3 Å². The molecular weight excluding hydrogens is 162 g/mol. The molecule has 0 saturated carbocycles. The van der Waals surface area contributed by atoms with Crippen LogP contribution in [0.25, 0.3) is 0 Å². The third-order valence-corrected chi connectivity index (χ3v) is 1.55. The van der Waals surface area contributed by atoms with Gasteiger partial charge in [0.1, 0.15) is 0 Å². The highest BCUT2D eigenvalue weighted by molar-refractivity contribution is 5.88. The van der Waals surface area contributed by atoms with Gasteiger partial charge in [-0.1, -0.05) is 0 Å². The second-order valence-corrected chi connectivity index (χ2v) is 2.35. The lowest BCUT2D eigenvalue weighted by atomic mass is 10.4. The topological polar surface area (TPSA) is 88.1 Å². The van der Waals surface area contributed by atoms with E-state index in [1.807, 2.05) is 0 Å². The van der Waals surface area contributed by atoms with Gasteiger partial charge in [0.15, 0.2) is 0 Å². The zero-order valence-electron chi connectivity index (χ0n) is 6.56. The van der Waals surface area contributed by atoms with Crippen molar-refractivity contribution in [3.63, 3.8) is 0 Å². The minimum atomic E-state index is -1.26. The Bertz CT molecular complexity index is 198. The highest BCUT2D eigenvalue weighted by atomic mass is 16.5. The smallest absolute Gasteiger partial charge is 0.434 e. The molecule has 0 aliphatic carbocycles. The van der Waals surface area contributed by atoms with Gasteiger partial charge in [-0.25, -0.2) is 4.79 Å². The highest BCUT2D eigenvalue weighted by Crippen LogP contribution is 1.95. The van der Waals surface area contributed by atoms with Crippen LogP contribution in [-0.4, -0.2) is 48.4 Å². The van der Waals surface area contributed by atoms with Gasteiger partial charge in [0.2, 0.25) is 5.96 Å². The minimum Gasteiger partial charge on any atom is -0.463 e. The van der Waals surface area contributed by atoms with E-state index in [-0.39, 0.29) is 5.96 Å². The number of ether oxygens (including phenoxy) is 1. The molecule has 0 unspecified atom stereocenters. The number of guanidine groups is 1. The molecule has 0 spiro atoms. The average Bonchev–Trinajstić information content (AvgIpc) is 2.05. The fraction of sp³-hybridized carbons (Fsp3) is 0.667. The summed E-state index contributed by atoms with van der Waals surface area (Å²) in [5, 5.41) is 8.29. The third-order valence-electron chi connectivity index (χ3n) is 1.55. The number of nitrogens with two attached hydrogens (primary N) is 1. The summed E-state index contributed by atoms with van der Waals surface area (Å²) in [6.45, 7) is 2.33. The molecule has 0 bridgehead atoms. The van der Waals surface area contributed by atoms with Crippen LogP contribution < -0.4 is 5.73 Å². The maximum atomic E-state index is 10.1. The Kier molecular flexibility index (Phi) is 2.87. The van der Waals surface area contributed by atoms with Crippen molar-refractivity contribution in [2.45, 2.75) is 0 Å². The molecule has 12 heavy (non-hydrogen) atoms. The molecule has 0 aromatic carbocycles. The average molecular weight is 173 g/mol. The van der Waals surface area contributed by atoms with Crippen LogP contribution in [0.4, 0.5) is 4.79 Å². The molecule has 3 N–H and O–H groups in total. The molecule has 6 nitrogen and oxygen atoms in total. The van der Waals surface area contributed by atoms with Crippen molar-refractivity contribution in [2.24, 2.45) is 10.7 Å². The Morgan fingerprint density at radius 1 is 1.50 bits per heavy atom. The Labute approximate surface area is 69.6 Å². The Morgan fingerprint density at radius 3 is 2.58 bits per heavy atom. The lowest BCUT2D eigenvalue weighted by molar-refractivity contribution is 0.0674. The molecule has 1 fully saturated rings. The maximum absolute atomic E-state index is 10.1. The van der Waals surface area contributed by atoms with E-state index in [9.17, 15) is 4.79 Å². The van der Waals surface area contributed by atoms with Crippen LogP contribution in [0.1, 0.15) is 0 Å². The highest BCUT2D eigenvalue weighted by Gasteiger charge is 2.12. The van der Waals surface area contributed by atoms with Crippen LogP contribution in [0.3, 0.4) is 0 Å². The first kappa shape index (κ1) is 8.79. The SMILES string of the molecule is N/C(=N\C(=O)O)N1CCOCC1. The maximum Gasteiger partial charge on any atom is 0.434 e. The fourth-order valence-electron chi connectivity index (χ4n) is 0.961. The van der Waals surface area contributed by atoms with Crippen LogP contribution in [0.15, 0.2) is 4.99 Å². The van der Waals surface area contributed by atoms with Crippen molar-refractivity contribution in [1.29, 1.82) is 0 Å². The molecule has 1 rings (SSSR count). The number of carboxylic acid groups (broad SMARTS) is 1. The van der Waals surface area contributed by atoms with E-state index in [4.69, 9.17) is 15.6 Å². The van der Waals surface area contributed by atoms with E-state index in [2.05, 4.69) is 4.99 Å². The van der Waals surface area contributed by atoms with Gasteiger partial charge >= 0.3 is 6.09 Å². The number of morpholine rings is 1. The largest absolute Gasteiger partial charge is 0.463 e. The summed E-state index contributed by atoms with van der Waals surface area (Å²) in [5.74, 6) is 0.0470. The molecule has 1 amide bonds. The quantitative estimate of drug-likeness (QED) is 0.374. The molecule has 1 saturated heterocycles. The van der Waals surface area contributed by atoms with E-state index in [1.165, 1.54) is 0 Å². The number of carbonyl (C=O) groups is 1. The summed E-state index contributed by atoms with van der Waals surface area (Å²) < 4.78 is 5.06. The predicted molar refractivity (Wildman–Crippen MR) is 42.0 cm³/mol. The van der Waals surface area contributed by atoms with E-state index in [1.54, 1.807) is 4.90 Å². The lowest BCUT2D eigenvalue weighted by Crippen LogP contribution is -2.45. The van der Waals surface area contributed by atoms with E-state index < -0.39 is 6.09 Å². The molecule has 0 aromatic rings. The monoisotopic (exact) mass is 173 g/mol. The molecular formula is C6H11N3O3. The van der Waals surface area contributed by atoms with Crippen molar-refractivity contribution >= 4 is 12.1 Å². The van der Waals surface area contributed by atoms with E-state index in [0.717, 1.165) is 0 Å². The Morgan fingerprint density at radius 2 is 2.08 bits per heavy atom. The first-order valence-corrected chi connectivity index (χ1v) is 3.60.